The monoisotopic (exact) mass is 267 g/mol. The Morgan fingerprint density at radius 2 is 2.39 bits per heavy atom. The number of thiazole rings is 1. The first-order chi connectivity index (χ1) is 8.65. The van der Waals surface area contributed by atoms with Gasteiger partial charge in [-0.25, -0.2) is 4.98 Å². The van der Waals surface area contributed by atoms with E-state index in [1.54, 1.807) is 0 Å². The first kappa shape index (κ1) is 14.0. The zero-order valence-corrected chi connectivity index (χ0v) is 12.6. The van der Waals surface area contributed by atoms with E-state index in [2.05, 4.69) is 36.5 Å². The smallest absolute Gasteiger partial charge is 0.0928 e. The van der Waals surface area contributed by atoms with Crippen molar-refractivity contribution in [1.82, 2.24) is 15.2 Å². The van der Waals surface area contributed by atoms with Crippen LogP contribution in [-0.4, -0.2) is 42.6 Å². The lowest BCUT2D eigenvalue weighted by Gasteiger charge is -2.32. The van der Waals surface area contributed by atoms with E-state index in [9.17, 15) is 0 Å². The molecule has 4 heteroatoms. The summed E-state index contributed by atoms with van der Waals surface area (Å²) in [6, 6.07) is 0.677. The van der Waals surface area contributed by atoms with Crippen molar-refractivity contribution in [2.45, 2.75) is 39.2 Å². The molecule has 1 atom stereocenters. The number of aromatic nitrogens is 1. The Balaban J connectivity index is 1.80. The molecule has 1 fully saturated rings. The molecule has 1 aliphatic heterocycles. The van der Waals surface area contributed by atoms with Gasteiger partial charge in [0, 0.05) is 37.5 Å². The Labute approximate surface area is 115 Å². The summed E-state index contributed by atoms with van der Waals surface area (Å²) in [5, 5.41) is 7.02. The average Bonchev–Trinajstić information content (AvgIpc) is 2.75. The fraction of sp³-hybridized carbons (Fsp3) is 0.786. The van der Waals surface area contributed by atoms with Crippen molar-refractivity contribution in [2.75, 3.05) is 26.7 Å². The Hall–Kier alpha value is -0.450. The topological polar surface area (TPSA) is 28.2 Å². The molecule has 1 saturated heterocycles. The van der Waals surface area contributed by atoms with Crippen molar-refractivity contribution >= 4 is 11.3 Å². The molecule has 0 amide bonds. The van der Waals surface area contributed by atoms with E-state index in [4.69, 9.17) is 4.98 Å². The second kappa shape index (κ2) is 6.64. The zero-order chi connectivity index (χ0) is 13.0. The number of aryl methyl sites for hydroxylation is 1. The van der Waals surface area contributed by atoms with E-state index in [0.29, 0.717) is 12.0 Å². The maximum absolute atomic E-state index is 4.74. The number of piperazine rings is 1. The van der Waals surface area contributed by atoms with Gasteiger partial charge < -0.3 is 10.2 Å². The second-order valence-corrected chi connectivity index (χ2v) is 6.65. The van der Waals surface area contributed by atoms with Crippen LogP contribution in [0, 0.1) is 5.92 Å². The van der Waals surface area contributed by atoms with Crippen LogP contribution in [0.15, 0.2) is 5.38 Å². The highest BCUT2D eigenvalue weighted by molar-refractivity contribution is 7.09. The first-order valence-electron chi connectivity index (χ1n) is 6.99. The molecule has 0 aromatic carbocycles. The molecule has 0 aliphatic carbocycles. The molecule has 2 heterocycles. The average molecular weight is 267 g/mol. The van der Waals surface area contributed by atoms with E-state index in [0.717, 1.165) is 25.9 Å². The van der Waals surface area contributed by atoms with E-state index in [1.165, 1.54) is 23.7 Å². The molecule has 1 aliphatic rings. The maximum Gasteiger partial charge on any atom is 0.0928 e. The van der Waals surface area contributed by atoms with Crippen molar-refractivity contribution in [2.24, 2.45) is 5.92 Å². The van der Waals surface area contributed by atoms with E-state index >= 15 is 0 Å². The van der Waals surface area contributed by atoms with E-state index in [1.807, 2.05) is 11.3 Å². The molecule has 1 unspecified atom stereocenters. The summed E-state index contributed by atoms with van der Waals surface area (Å²) in [5.41, 5.74) is 1.28. The quantitative estimate of drug-likeness (QED) is 0.886. The Morgan fingerprint density at radius 3 is 3.11 bits per heavy atom. The lowest BCUT2D eigenvalue weighted by atomic mass is 10.1. The Bertz CT molecular complexity index is 362. The van der Waals surface area contributed by atoms with Crippen LogP contribution in [0.4, 0.5) is 0 Å². The largest absolute Gasteiger partial charge is 0.314 e. The van der Waals surface area contributed by atoms with Crippen LogP contribution in [0.3, 0.4) is 0 Å². The van der Waals surface area contributed by atoms with Crippen LogP contribution in [0.1, 0.15) is 31.0 Å². The van der Waals surface area contributed by atoms with Crippen LogP contribution < -0.4 is 5.32 Å². The lowest BCUT2D eigenvalue weighted by Crippen LogP contribution is -2.49. The molecule has 3 nitrogen and oxygen atoms in total. The molecular weight excluding hydrogens is 242 g/mol. The van der Waals surface area contributed by atoms with Gasteiger partial charge in [0.15, 0.2) is 0 Å². The molecule has 18 heavy (non-hydrogen) atoms. The summed E-state index contributed by atoms with van der Waals surface area (Å²) < 4.78 is 0. The summed E-state index contributed by atoms with van der Waals surface area (Å²) >= 11 is 1.83. The molecule has 102 valence electrons. The minimum atomic E-state index is 0.677. The van der Waals surface area contributed by atoms with Crippen molar-refractivity contribution in [1.29, 1.82) is 0 Å². The predicted molar refractivity (Wildman–Crippen MR) is 78.3 cm³/mol. The SMILES string of the molecule is CC(C)Cc1csc(CCC2CNCCN2C)n1. The van der Waals surface area contributed by atoms with Gasteiger partial charge in [-0.1, -0.05) is 13.8 Å². The minimum Gasteiger partial charge on any atom is -0.314 e. The van der Waals surface area contributed by atoms with Crippen LogP contribution in [-0.2, 0) is 12.8 Å². The molecular formula is C14H25N3S. The number of hydrogen-bond donors (Lipinski definition) is 1. The van der Waals surface area contributed by atoms with Gasteiger partial charge in [-0.05, 0) is 25.8 Å². The third kappa shape index (κ3) is 4.04. The standard InChI is InChI=1S/C14H25N3S/c1-11(2)8-12-10-18-14(16-12)5-4-13-9-15-6-7-17(13)3/h10-11,13,15H,4-9H2,1-3H3. The van der Waals surface area contributed by atoms with Gasteiger partial charge >= 0.3 is 0 Å². The van der Waals surface area contributed by atoms with Gasteiger partial charge in [-0.15, -0.1) is 11.3 Å². The number of likely N-dealkylation sites (N-methyl/N-ethyl adjacent to an activating group) is 1. The van der Waals surface area contributed by atoms with E-state index in [-0.39, 0.29) is 0 Å². The molecule has 0 radical (unpaired) electrons. The summed E-state index contributed by atoms with van der Waals surface area (Å²) in [7, 11) is 2.23. The highest BCUT2D eigenvalue weighted by atomic mass is 32.1. The van der Waals surface area contributed by atoms with Gasteiger partial charge in [0.1, 0.15) is 0 Å². The normalized spacial score (nSPS) is 21.7. The molecule has 0 bridgehead atoms. The van der Waals surface area contributed by atoms with Gasteiger partial charge in [-0.3, -0.25) is 0 Å². The highest BCUT2D eigenvalue weighted by Gasteiger charge is 2.18. The van der Waals surface area contributed by atoms with Crippen LogP contribution in [0.5, 0.6) is 0 Å². The molecule has 0 spiro atoms. The Morgan fingerprint density at radius 1 is 1.56 bits per heavy atom. The highest BCUT2D eigenvalue weighted by Crippen LogP contribution is 2.17. The maximum atomic E-state index is 4.74. The fourth-order valence-electron chi connectivity index (χ4n) is 2.45. The number of nitrogens with zero attached hydrogens (tertiary/aromatic N) is 2. The van der Waals surface area contributed by atoms with Crippen molar-refractivity contribution < 1.29 is 0 Å². The molecule has 2 rings (SSSR count). The lowest BCUT2D eigenvalue weighted by molar-refractivity contribution is 0.190. The minimum absolute atomic E-state index is 0.677. The van der Waals surface area contributed by atoms with E-state index < -0.39 is 0 Å². The second-order valence-electron chi connectivity index (χ2n) is 5.71. The number of rotatable bonds is 5. The molecule has 0 saturated carbocycles. The molecule has 1 aromatic heterocycles. The fourth-order valence-corrected chi connectivity index (χ4v) is 3.28. The molecule has 1 N–H and O–H groups in total. The summed E-state index contributed by atoms with van der Waals surface area (Å²) in [5.74, 6) is 0.702. The van der Waals surface area contributed by atoms with Gasteiger partial charge in [-0.2, -0.15) is 0 Å². The van der Waals surface area contributed by atoms with Gasteiger partial charge in [0.25, 0.3) is 0 Å². The van der Waals surface area contributed by atoms with Crippen LogP contribution >= 0.6 is 11.3 Å². The first-order valence-corrected chi connectivity index (χ1v) is 7.87. The van der Waals surface area contributed by atoms with Crippen molar-refractivity contribution in [3.63, 3.8) is 0 Å². The Kier molecular flexibility index (Phi) is 5.15. The molecule has 1 aromatic rings. The van der Waals surface area contributed by atoms with Gasteiger partial charge in [0.2, 0.25) is 0 Å². The van der Waals surface area contributed by atoms with Crippen LogP contribution in [0.2, 0.25) is 0 Å². The summed E-state index contributed by atoms with van der Waals surface area (Å²) in [4.78, 5) is 7.21. The van der Waals surface area contributed by atoms with Gasteiger partial charge in [0.05, 0.1) is 10.7 Å². The predicted octanol–water partition coefficient (Wildman–Crippen LogP) is 2.18. The summed E-state index contributed by atoms with van der Waals surface area (Å²) in [6.07, 6.45) is 3.46. The van der Waals surface area contributed by atoms with Crippen molar-refractivity contribution in [3.8, 4) is 0 Å². The summed E-state index contributed by atoms with van der Waals surface area (Å²) in [6.45, 7) is 7.92. The third-order valence-electron chi connectivity index (χ3n) is 3.55. The number of nitrogens with one attached hydrogen (secondary N) is 1. The zero-order valence-electron chi connectivity index (χ0n) is 11.8. The van der Waals surface area contributed by atoms with Crippen molar-refractivity contribution in [3.05, 3.63) is 16.1 Å². The third-order valence-corrected chi connectivity index (χ3v) is 4.51. The van der Waals surface area contributed by atoms with Crippen LogP contribution in [0.25, 0.3) is 0 Å². The number of hydrogen-bond acceptors (Lipinski definition) is 4.